The topological polar surface area (TPSA) is 36.4 Å². The zero-order valence-electron chi connectivity index (χ0n) is 15.9. The lowest BCUT2D eigenvalue weighted by molar-refractivity contribution is 0.0737. The molecule has 148 valence electrons. The molecule has 2 saturated heterocycles. The number of hydrogen-bond acceptors (Lipinski definition) is 3. The van der Waals surface area contributed by atoms with Gasteiger partial charge in [-0.3, -0.25) is 14.7 Å². The normalized spacial score (nSPS) is 23.1. The highest BCUT2D eigenvalue weighted by Gasteiger charge is 2.42. The molecule has 2 aromatic rings. The Morgan fingerprint density at radius 1 is 1.00 bits per heavy atom. The van der Waals surface area contributed by atoms with Crippen molar-refractivity contribution in [2.45, 2.75) is 44.2 Å². The Morgan fingerprint density at radius 3 is 2.54 bits per heavy atom. The molecule has 3 heterocycles. The second-order valence-corrected chi connectivity index (χ2v) is 7.87. The first-order valence-corrected chi connectivity index (χ1v) is 9.96. The van der Waals surface area contributed by atoms with Gasteiger partial charge in [-0.1, -0.05) is 0 Å². The summed E-state index contributed by atoms with van der Waals surface area (Å²) in [6.45, 7) is 2.71. The average molecular weight is 385 g/mol. The molecule has 1 unspecified atom stereocenters. The molecule has 2 aliphatic rings. The van der Waals surface area contributed by atoms with Gasteiger partial charge in [-0.15, -0.1) is 0 Å². The molecule has 0 saturated carbocycles. The number of amides is 1. The largest absolute Gasteiger partial charge is 0.339 e. The molecule has 0 aliphatic carbocycles. The minimum atomic E-state index is -0.403. The van der Waals surface area contributed by atoms with Crippen LogP contribution in [-0.4, -0.2) is 45.9 Å². The van der Waals surface area contributed by atoms with Gasteiger partial charge < -0.3 is 4.90 Å². The number of nitrogens with zero attached hydrogens (tertiary/aromatic N) is 3. The third-order valence-electron chi connectivity index (χ3n) is 6.24. The third kappa shape index (κ3) is 3.78. The molecule has 0 N–H and O–H groups in total. The number of aromatic nitrogens is 1. The van der Waals surface area contributed by atoms with Gasteiger partial charge in [0.05, 0.1) is 0 Å². The summed E-state index contributed by atoms with van der Waals surface area (Å²) in [6, 6.07) is 7.16. The molecule has 2 aliphatic heterocycles. The summed E-state index contributed by atoms with van der Waals surface area (Å²) in [7, 11) is 0. The van der Waals surface area contributed by atoms with Crippen LogP contribution >= 0.6 is 0 Å². The number of halogens is 2. The lowest BCUT2D eigenvalue weighted by Crippen LogP contribution is -2.44. The van der Waals surface area contributed by atoms with Gasteiger partial charge in [-0.25, -0.2) is 8.78 Å². The zero-order valence-corrected chi connectivity index (χ0v) is 15.9. The van der Waals surface area contributed by atoms with Crippen LogP contribution in [0.1, 0.15) is 48.0 Å². The lowest BCUT2D eigenvalue weighted by Gasteiger charge is -2.38. The molecular weight excluding hydrogens is 360 g/mol. The second-order valence-electron chi connectivity index (χ2n) is 7.87. The first kappa shape index (κ1) is 19.0. The van der Waals surface area contributed by atoms with Gasteiger partial charge in [0.2, 0.25) is 0 Å². The van der Waals surface area contributed by atoms with Crippen LogP contribution in [0.5, 0.6) is 0 Å². The molecule has 4 rings (SSSR count). The predicted molar refractivity (Wildman–Crippen MR) is 103 cm³/mol. The van der Waals surface area contributed by atoms with E-state index in [0.29, 0.717) is 24.2 Å². The zero-order chi connectivity index (χ0) is 19.6. The Bertz CT molecular complexity index is 845. The molecule has 2 fully saturated rings. The van der Waals surface area contributed by atoms with E-state index >= 15 is 0 Å². The van der Waals surface area contributed by atoms with Crippen molar-refractivity contribution < 1.29 is 13.6 Å². The minimum Gasteiger partial charge on any atom is -0.339 e. The SMILES string of the molecule is O=C(c1ccncc1)N1CCCC2(CCCN2Cc2cc(F)ccc2F)CC1. The van der Waals surface area contributed by atoms with Crippen LogP contribution in [-0.2, 0) is 6.54 Å². The van der Waals surface area contributed by atoms with Crippen molar-refractivity contribution in [2.24, 2.45) is 0 Å². The second kappa shape index (κ2) is 7.95. The summed E-state index contributed by atoms with van der Waals surface area (Å²) in [6.07, 6.45) is 8.12. The van der Waals surface area contributed by atoms with Gasteiger partial charge >= 0.3 is 0 Å². The number of hydrogen-bond donors (Lipinski definition) is 0. The Labute approximate surface area is 164 Å². The highest BCUT2D eigenvalue weighted by Crippen LogP contribution is 2.39. The first-order valence-electron chi connectivity index (χ1n) is 9.96. The molecule has 1 atom stereocenters. The molecule has 1 amide bonds. The fraction of sp³-hybridized carbons (Fsp3) is 0.455. The van der Waals surface area contributed by atoms with E-state index in [2.05, 4.69) is 9.88 Å². The van der Waals surface area contributed by atoms with Crippen molar-refractivity contribution in [1.29, 1.82) is 0 Å². The average Bonchev–Trinajstić information content (AvgIpc) is 2.96. The maximum absolute atomic E-state index is 14.2. The number of benzene rings is 1. The molecule has 1 aromatic heterocycles. The van der Waals surface area contributed by atoms with E-state index in [1.165, 1.54) is 12.1 Å². The standard InChI is InChI=1S/C22H25F2N3O/c23-19-3-4-20(24)18(15-19)16-27-13-2-8-22(27)7-1-12-26(14-9-22)21(28)17-5-10-25-11-6-17/h3-6,10-11,15H,1-2,7-9,12-14,16H2. The van der Waals surface area contributed by atoms with E-state index in [1.54, 1.807) is 24.5 Å². The monoisotopic (exact) mass is 385 g/mol. The van der Waals surface area contributed by atoms with Gasteiger partial charge in [0.1, 0.15) is 11.6 Å². The van der Waals surface area contributed by atoms with Gasteiger partial charge in [0, 0.05) is 48.7 Å². The van der Waals surface area contributed by atoms with Crippen molar-refractivity contribution >= 4 is 5.91 Å². The first-order chi connectivity index (χ1) is 13.6. The molecule has 28 heavy (non-hydrogen) atoms. The van der Waals surface area contributed by atoms with Gasteiger partial charge in [0.15, 0.2) is 0 Å². The minimum absolute atomic E-state index is 0.0357. The summed E-state index contributed by atoms with van der Waals surface area (Å²) in [5, 5.41) is 0. The fourth-order valence-electron chi connectivity index (χ4n) is 4.74. The number of carbonyl (C=O) groups excluding carboxylic acids is 1. The Kier molecular flexibility index (Phi) is 5.40. The van der Waals surface area contributed by atoms with Crippen LogP contribution in [0.3, 0.4) is 0 Å². The molecule has 1 aromatic carbocycles. The highest BCUT2D eigenvalue weighted by atomic mass is 19.1. The van der Waals surface area contributed by atoms with E-state index in [0.717, 1.165) is 51.3 Å². The Balaban J connectivity index is 1.48. The lowest BCUT2D eigenvalue weighted by atomic mass is 9.87. The van der Waals surface area contributed by atoms with Gasteiger partial charge in [0.25, 0.3) is 5.91 Å². The van der Waals surface area contributed by atoms with Crippen LogP contribution in [0.25, 0.3) is 0 Å². The summed E-state index contributed by atoms with van der Waals surface area (Å²) < 4.78 is 27.8. The fourth-order valence-corrected chi connectivity index (χ4v) is 4.74. The number of pyridine rings is 1. The highest BCUT2D eigenvalue weighted by molar-refractivity contribution is 5.94. The maximum atomic E-state index is 14.2. The molecule has 4 nitrogen and oxygen atoms in total. The molecule has 1 spiro atoms. The van der Waals surface area contributed by atoms with Crippen LogP contribution in [0.2, 0.25) is 0 Å². The smallest absolute Gasteiger partial charge is 0.253 e. The van der Waals surface area contributed by atoms with Crippen molar-refractivity contribution in [3.05, 3.63) is 65.5 Å². The van der Waals surface area contributed by atoms with Crippen molar-refractivity contribution in [3.63, 3.8) is 0 Å². The summed E-state index contributed by atoms with van der Waals surface area (Å²) in [4.78, 5) is 21.0. The van der Waals surface area contributed by atoms with Crippen molar-refractivity contribution in [1.82, 2.24) is 14.8 Å². The van der Waals surface area contributed by atoms with Crippen molar-refractivity contribution in [2.75, 3.05) is 19.6 Å². The van der Waals surface area contributed by atoms with Crippen molar-refractivity contribution in [3.8, 4) is 0 Å². The van der Waals surface area contributed by atoms with Gasteiger partial charge in [-0.05, 0) is 69.0 Å². The van der Waals surface area contributed by atoms with Crippen LogP contribution in [0, 0.1) is 11.6 Å². The molecule has 0 bridgehead atoms. The Hall–Kier alpha value is -2.34. The number of carbonyl (C=O) groups is 1. The molecule has 6 heteroatoms. The third-order valence-corrected chi connectivity index (χ3v) is 6.24. The summed E-state index contributed by atoms with van der Waals surface area (Å²) >= 11 is 0. The van der Waals surface area contributed by atoms with Crippen LogP contribution in [0.4, 0.5) is 8.78 Å². The molecule has 0 radical (unpaired) electrons. The molecular formula is C22H25F2N3O. The van der Waals surface area contributed by atoms with E-state index in [-0.39, 0.29) is 17.3 Å². The van der Waals surface area contributed by atoms with E-state index in [4.69, 9.17) is 0 Å². The summed E-state index contributed by atoms with van der Waals surface area (Å²) in [5.41, 5.74) is 1.04. The van der Waals surface area contributed by atoms with Crippen LogP contribution in [0.15, 0.2) is 42.7 Å². The quantitative estimate of drug-likeness (QED) is 0.801. The van der Waals surface area contributed by atoms with Gasteiger partial charge in [-0.2, -0.15) is 0 Å². The van der Waals surface area contributed by atoms with Crippen LogP contribution < -0.4 is 0 Å². The number of rotatable bonds is 3. The van der Waals surface area contributed by atoms with E-state index in [1.807, 2.05) is 4.90 Å². The van der Waals surface area contributed by atoms with E-state index in [9.17, 15) is 13.6 Å². The summed E-state index contributed by atoms with van der Waals surface area (Å²) in [5.74, 6) is -0.716. The Morgan fingerprint density at radius 2 is 1.75 bits per heavy atom. The van der Waals surface area contributed by atoms with E-state index < -0.39 is 5.82 Å². The predicted octanol–water partition coefficient (Wildman–Crippen LogP) is 4.02. The maximum Gasteiger partial charge on any atom is 0.253 e. The number of likely N-dealkylation sites (tertiary alicyclic amines) is 2.